The van der Waals surface area contributed by atoms with Crippen molar-refractivity contribution in [3.05, 3.63) is 42.6 Å². The minimum absolute atomic E-state index is 0.714. The van der Waals surface area contributed by atoms with E-state index < -0.39 is 0 Å². The van der Waals surface area contributed by atoms with Crippen molar-refractivity contribution in [2.75, 3.05) is 23.3 Å². The predicted octanol–water partition coefficient (Wildman–Crippen LogP) is 2.47. The van der Waals surface area contributed by atoms with Crippen molar-refractivity contribution in [2.45, 2.75) is 25.8 Å². The lowest BCUT2D eigenvalue weighted by molar-refractivity contribution is 0.573. The number of nitrogens with one attached hydrogen (secondary N) is 1. The van der Waals surface area contributed by atoms with Gasteiger partial charge in [0.15, 0.2) is 0 Å². The van der Waals surface area contributed by atoms with Gasteiger partial charge in [-0.2, -0.15) is 0 Å². The number of aromatic nitrogens is 3. The van der Waals surface area contributed by atoms with Crippen molar-refractivity contribution in [1.29, 1.82) is 0 Å². The molecule has 0 spiro atoms. The predicted molar refractivity (Wildman–Crippen MR) is 79.7 cm³/mol. The monoisotopic (exact) mass is 269 g/mol. The lowest BCUT2D eigenvalue weighted by Gasteiger charge is -2.27. The molecule has 2 aromatic rings. The summed E-state index contributed by atoms with van der Waals surface area (Å²) in [5.41, 5.74) is 2.09. The normalized spacial score (nSPS) is 15.1. The Kier molecular flexibility index (Phi) is 4.06. The molecule has 5 heteroatoms. The summed E-state index contributed by atoms with van der Waals surface area (Å²) in [7, 11) is 0. The summed E-state index contributed by atoms with van der Waals surface area (Å²) in [5, 5.41) is 3.33. The number of hydrogen-bond acceptors (Lipinski definition) is 5. The summed E-state index contributed by atoms with van der Waals surface area (Å²) in [6.07, 6.45) is 11.0. The second kappa shape index (κ2) is 6.32. The molecule has 0 unspecified atom stereocenters. The average Bonchev–Trinajstić information content (AvgIpc) is 2.55. The van der Waals surface area contributed by atoms with Crippen LogP contribution in [0.5, 0.6) is 0 Å². The Morgan fingerprint density at radius 3 is 2.50 bits per heavy atom. The lowest BCUT2D eigenvalue weighted by Crippen LogP contribution is -2.30. The van der Waals surface area contributed by atoms with E-state index in [-0.39, 0.29) is 0 Å². The highest BCUT2D eigenvalue weighted by Gasteiger charge is 2.11. The summed E-state index contributed by atoms with van der Waals surface area (Å²) in [6, 6.07) is 4.18. The molecule has 2 aromatic heterocycles. The Morgan fingerprint density at radius 2 is 1.80 bits per heavy atom. The smallest absolute Gasteiger partial charge is 0.128 e. The van der Waals surface area contributed by atoms with Crippen molar-refractivity contribution >= 4 is 11.5 Å². The topological polar surface area (TPSA) is 53.9 Å². The van der Waals surface area contributed by atoms with Crippen LogP contribution < -0.4 is 10.2 Å². The first-order chi connectivity index (χ1) is 9.92. The molecule has 0 saturated carbocycles. The number of anilines is 2. The molecule has 0 atom stereocenters. The third-order valence-corrected chi connectivity index (χ3v) is 3.54. The zero-order chi connectivity index (χ0) is 13.6. The van der Waals surface area contributed by atoms with Crippen molar-refractivity contribution in [3.63, 3.8) is 0 Å². The Balaban J connectivity index is 1.58. The Bertz CT molecular complexity index is 520. The van der Waals surface area contributed by atoms with E-state index in [1.165, 1.54) is 19.3 Å². The number of piperidine rings is 1. The average molecular weight is 269 g/mol. The first-order valence-electron chi connectivity index (χ1n) is 7.10. The van der Waals surface area contributed by atoms with Crippen molar-refractivity contribution in [2.24, 2.45) is 0 Å². The van der Waals surface area contributed by atoms with E-state index in [2.05, 4.69) is 37.3 Å². The number of hydrogen-bond donors (Lipinski definition) is 1. The zero-order valence-electron chi connectivity index (χ0n) is 11.5. The van der Waals surface area contributed by atoms with Gasteiger partial charge in [-0.05, 0) is 31.4 Å². The van der Waals surface area contributed by atoms with Gasteiger partial charge in [-0.1, -0.05) is 0 Å². The van der Waals surface area contributed by atoms with E-state index in [1.807, 2.05) is 18.6 Å². The second-order valence-electron chi connectivity index (χ2n) is 5.05. The zero-order valence-corrected chi connectivity index (χ0v) is 11.5. The maximum absolute atomic E-state index is 4.55. The number of nitrogens with zero attached hydrogens (tertiary/aromatic N) is 4. The summed E-state index contributed by atoms with van der Waals surface area (Å²) in [4.78, 5) is 14.9. The molecule has 0 amide bonds. The van der Waals surface area contributed by atoms with Gasteiger partial charge in [0, 0.05) is 37.6 Å². The van der Waals surface area contributed by atoms with Crippen molar-refractivity contribution in [1.82, 2.24) is 15.0 Å². The molecule has 3 heterocycles. The molecular formula is C15H19N5. The third kappa shape index (κ3) is 3.23. The summed E-state index contributed by atoms with van der Waals surface area (Å²) in [5.74, 6) is 1.08. The fourth-order valence-electron chi connectivity index (χ4n) is 2.43. The van der Waals surface area contributed by atoms with Crippen molar-refractivity contribution in [3.8, 4) is 0 Å². The van der Waals surface area contributed by atoms with E-state index in [0.29, 0.717) is 6.54 Å². The largest absolute Gasteiger partial charge is 0.380 e. The Labute approximate surface area is 119 Å². The van der Waals surface area contributed by atoms with Gasteiger partial charge in [-0.25, -0.2) is 15.0 Å². The first kappa shape index (κ1) is 12.8. The second-order valence-corrected chi connectivity index (χ2v) is 5.05. The highest BCUT2D eigenvalue weighted by Crippen LogP contribution is 2.19. The van der Waals surface area contributed by atoms with Crippen LogP contribution in [0.1, 0.15) is 24.8 Å². The van der Waals surface area contributed by atoms with Crippen molar-refractivity contribution < 1.29 is 0 Å². The van der Waals surface area contributed by atoms with Crippen LogP contribution in [0.4, 0.5) is 11.5 Å². The molecular weight excluding hydrogens is 250 g/mol. The molecule has 5 nitrogen and oxygen atoms in total. The number of rotatable bonds is 4. The van der Waals surface area contributed by atoms with Gasteiger partial charge in [0.25, 0.3) is 0 Å². The maximum Gasteiger partial charge on any atom is 0.128 e. The van der Waals surface area contributed by atoms with Gasteiger partial charge in [-0.15, -0.1) is 0 Å². The molecule has 0 bridgehead atoms. The minimum atomic E-state index is 0.714. The molecule has 20 heavy (non-hydrogen) atoms. The van der Waals surface area contributed by atoms with Crippen LogP contribution in [0.25, 0.3) is 0 Å². The van der Waals surface area contributed by atoms with Gasteiger partial charge >= 0.3 is 0 Å². The Morgan fingerprint density at radius 1 is 1.00 bits per heavy atom. The summed E-state index contributed by atoms with van der Waals surface area (Å²) in [6.45, 7) is 2.97. The molecule has 0 aromatic carbocycles. The van der Waals surface area contributed by atoms with Crippen LogP contribution in [-0.2, 0) is 6.54 Å². The maximum atomic E-state index is 4.55. The SMILES string of the molecule is c1ncc(CNc2ccc(N3CCCCC3)nc2)cn1. The highest BCUT2D eigenvalue weighted by atomic mass is 15.2. The van der Waals surface area contributed by atoms with E-state index >= 15 is 0 Å². The van der Waals surface area contributed by atoms with E-state index in [1.54, 1.807) is 6.33 Å². The number of pyridine rings is 1. The van der Waals surface area contributed by atoms with E-state index in [4.69, 9.17) is 0 Å². The highest BCUT2D eigenvalue weighted by molar-refractivity contribution is 5.48. The van der Waals surface area contributed by atoms with Gasteiger partial charge < -0.3 is 10.2 Å². The standard InChI is InChI=1S/C15H19N5/c1-2-6-20(7-3-1)15-5-4-14(11-19-15)18-10-13-8-16-12-17-9-13/h4-5,8-9,11-12,18H,1-3,6-7,10H2. The van der Waals surface area contributed by atoms with Gasteiger partial charge in [-0.3, -0.25) is 0 Å². The van der Waals surface area contributed by atoms with Gasteiger partial charge in [0.2, 0.25) is 0 Å². The molecule has 3 rings (SSSR count). The summed E-state index contributed by atoms with van der Waals surface area (Å²) >= 11 is 0. The van der Waals surface area contributed by atoms with Crippen LogP contribution in [0.3, 0.4) is 0 Å². The molecule has 1 aliphatic heterocycles. The molecule has 0 aliphatic carbocycles. The van der Waals surface area contributed by atoms with Crippen LogP contribution in [0.2, 0.25) is 0 Å². The van der Waals surface area contributed by atoms with Crippen LogP contribution >= 0.6 is 0 Å². The Hall–Kier alpha value is -2.17. The molecule has 0 radical (unpaired) electrons. The minimum Gasteiger partial charge on any atom is -0.380 e. The van der Waals surface area contributed by atoms with E-state index in [9.17, 15) is 0 Å². The first-order valence-corrected chi connectivity index (χ1v) is 7.10. The fourth-order valence-corrected chi connectivity index (χ4v) is 2.43. The van der Waals surface area contributed by atoms with Crippen LogP contribution in [0, 0.1) is 0 Å². The molecule has 1 aliphatic rings. The fraction of sp³-hybridized carbons (Fsp3) is 0.400. The quantitative estimate of drug-likeness (QED) is 0.924. The van der Waals surface area contributed by atoms with Crippen LogP contribution in [-0.4, -0.2) is 28.0 Å². The molecule has 1 fully saturated rings. The van der Waals surface area contributed by atoms with Crippen LogP contribution in [0.15, 0.2) is 37.1 Å². The molecule has 104 valence electrons. The summed E-state index contributed by atoms with van der Waals surface area (Å²) < 4.78 is 0. The lowest BCUT2D eigenvalue weighted by atomic mass is 10.1. The van der Waals surface area contributed by atoms with E-state index in [0.717, 1.165) is 30.2 Å². The third-order valence-electron chi connectivity index (χ3n) is 3.54. The molecule has 1 N–H and O–H groups in total. The van der Waals surface area contributed by atoms with Gasteiger partial charge in [0.05, 0.1) is 11.9 Å². The van der Waals surface area contributed by atoms with Gasteiger partial charge in [0.1, 0.15) is 12.1 Å². The molecule has 1 saturated heterocycles.